The number of amides is 1. The van der Waals surface area contributed by atoms with Gasteiger partial charge in [0.1, 0.15) is 17.2 Å². The first-order valence-electron chi connectivity index (χ1n) is 7.42. The fraction of sp³-hybridized carbons (Fsp3) is 0.222. The van der Waals surface area contributed by atoms with Gasteiger partial charge in [0.15, 0.2) is 6.61 Å². The molecule has 0 aliphatic carbocycles. The van der Waals surface area contributed by atoms with E-state index in [4.69, 9.17) is 4.74 Å². The van der Waals surface area contributed by atoms with E-state index in [-0.39, 0.29) is 18.1 Å². The summed E-state index contributed by atoms with van der Waals surface area (Å²) in [6.07, 6.45) is 1.29. The Bertz CT molecular complexity index is 785. The lowest BCUT2D eigenvalue weighted by Gasteiger charge is -2.13. The topological polar surface area (TPSA) is 91.2 Å². The molecule has 0 spiro atoms. The van der Waals surface area contributed by atoms with Crippen molar-refractivity contribution in [1.82, 2.24) is 5.43 Å². The molecular weight excluding hydrogens is 308 g/mol. The van der Waals surface area contributed by atoms with E-state index in [1.165, 1.54) is 24.4 Å². The van der Waals surface area contributed by atoms with E-state index < -0.39 is 5.91 Å². The Morgan fingerprint density at radius 1 is 1.17 bits per heavy atom. The largest absolute Gasteiger partial charge is 0.508 e. The number of nitrogens with one attached hydrogen (secondary N) is 1. The van der Waals surface area contributed by atoms with Crippen LogP contribution in [0.4, 0.5) is 0 Å². The highest BCUT2D eigenvalue weighted by molar-refractivity contribution is 5.85. The molecule has 0 unspecified atom stereocenters. The van der Waals surface area contributed by atoms with Gasteiger partial charge >= 0.3 is 0 Å². The van der Waals surface area contributed by atoms with Gasteiger partial charge in [-0.25, -0.2) is 5.43 Å². The van der Waals surface area contributed by atoms with Crippen LogP contribution < -0.4 is 10.2 Å². The van der Waals surface area contributed by atoms with Crippen molar-refractivity contribution in [2.24, 2.45) is 5.10 Å². The maximum atomic E-state index is 11.8. The van der Waals surface area contributed by atoms with Gasteiger partial charge in [-0.05, 0) is 49.6 Å². The van der Waals surface area contributed by atoms with Crippen molar-refractivity contribution in [2.75, 3.05) is 6.61 Å². The molecule has 2 aromatic rings. The number of hydrazone groups is 1. The highest BCUT2D eigenvalue weighted by atomic mass is 16.5. The van der Waals surface area contributed by atoms with E-state index in [2.05, 4.69) is 10.5 Å². The third-order valence-electron chi connectivity index (χ3n) is 3.63. The number of rotatable bonds is 5. The number of carbonyl (C=O) groups excluding carboxylic acids is 1. The molecule has 2 rings (SSSR count). The van der Waals surface area contributed by atoms with Gasteiger partial charge in [-0.2, -0.15) is 5.10 Å². The van der Waals surface area contributed by atoms with Crippen molar-refractivity contribution in [2.45, 2.75) is 20.8 Å². The summed E-state index contributed by atoms with van der Waals surface area (Å²) in [5.74, 6) is 0.108. The zero-order valence-corrected chi connectivity index (χ0v) is 13.8. The number of benzene rings is 2. The lowest BCUT2D eigenvalue weighted by atomic mass is 10.1. The second-order valence-corrected chi connectivity index (χ2v) is 5.48. The van der Waals surface area contributed by atoms with Crippen LogP contribution in [0, 0.1) is 20.8 Å². The number of phenols is 2. The second-order valence-electron chi connectivity index (χ2n) is 5.48. The summed E-state index contributed by atoms with van der Waals surface area (Å²) in [4.78, 5) is 11.8. The average molecular weight is 328 g/mol. The summed E-state index contributed by atoms with van der Waals surface area (Å²) in [7, 11) is 0. The van der Waals surface area contributed by atoms with Crippen LogP contribution >= 0.6 is 0 Å². The van der Waals surface area contributed by atoms with Crippen LogP contribution in [0.2, 0.25) is 0 Å². The molecular formula is C18H20N2O4. The molecule has 0 saturated heterocycles. The Hall–Kier alpha value is -3.02. The number of carbonyl (C=O) groups is 1. The predicted molar refractivity (Wildman–Crippen MR) is 91.7 cm³/mol. The lowest BCUT2D eigenvalue weighted by Crippen LogP contribution is -2.25. The minimum absolute atomic E-state index is 0.0500. The summed E-state index contributed by atoms with van der Waals surface area (Å²) in [5, 5.41) is 22.6. The van der Waals surface area contributed by atoms with Crippen LogP contribution in [0.1, 0.15) is 22.3 Å². The average Bonchev–Trinajstić information content (AvgIpc) is 2.53. The Kier molecular flexibility index (Phi) is 5.42. The fourth-order valence-electron chi connectivity index (χ4n) is 2.13. The van der Waals surface area contributed by atoms with Crippen molar-refractivity contribution in [3.8, 4) is 17.2 Å². The minimum Gasteiger partial charge on any atom is -0.508 e. The number of ether oxygens (including phenoxy) is 1. The molecule has 0 fully saturated rings. The third kappa shape index (κ3) is 4.25. The Labute approximate surface area is 140 Å². The number of hydrogen-bond donors (Lipinski definition) is 3. The number of aryl methyl sites for hydroxylation is 2. The van der Waals surface area contributed by atoms with Crippen LogP contribution in [0.5, 0.6) is 17.2 Å². The summed E-state index contributed by atoms with van der Waals surface area (Å²) in [5.41, 5.74) is 5.76. The molecule has 3 N–H and O–H groups in total. The molecule has 1 amide bonds. The molecule has 0 saturated carbocycles. The number of phenolic OH excluding ortho intramolecular Hbond substituents is 2. The molecule has 0 aliphatic heterocycles. The van der Waals surface area contributed by atoms with Gasteiger partial charge in [-0.15, -0.1) is 0 Å². The smallest absolute Gasteiger partial charge is 0.277 e. The Morgan fingerprint density at radius 3 is 2.58 bits per heavy atom. The first-order valence-corrected chi connectivity index (χ1v) is 7.42. The third-order valence-corrected chi connectivity index (χ3v) is 3.63. The van der Waals surface area contributed by atoms with Gasteiger partial charge in [0.05, 0.1) is 6.21 Å². The van der Waals surface area contributed by atoms with Crippen LogP contribution in [0.25, 0.3) is 0 Å². The lowest BCUT2D eigenvalue weighted by molar-refractivity contribution is -0.123. The summed E-state index contributed by atoms with van der Waals surface area (Å²) in [6.45, 7) is 5.69. The monoisotopic (exact) mass is 328 g/mol. The van der Waals surface area contributed by atoms with Gasteiger partial charge in [0.2, 0.25) is 0 Å². The van der Waals surface area contributed by atoms with Gasteiger partial charge in [-0.1, -0.05) is 12.1 Å². The van der Waals surface area contributed by atoms with E-state index in [9.17, 15) is 15.0 Å². The quantitative estimate of drug-likeness (QED) is 0.581. The van der Waals surface area contributed by atoms with Crippen LogP contribution in [-0.4, -0.2) is 28.9 Å². The summed E-state index contributed by atoms with van der Waals surface area (Å²) in [6, 6.07) is 8.04. The van der Waals surface area contributed by atoms with Crippen molar-refractivity contribution < 1.29 is 19.7 Å². The van der Waals surface area contributed by atoms with Crippen LogP contribution in [-0.2, 0) is 4.79 Å². The van der Waals surface area contributed by atoms with E-state index >= 15 is 0 Å². The van der Waals surface area contributed by atoms with Crippen molar-refractivity contribution >= 4 is 12.1 Å². The van der Waals surface area contributed by atoms with Crippen molar-refractivity contribution in [3.05, 3.63) is 52.6 Å². The Morgan fingerprint density at radius 2 is 1.88 bits per heavy atom. The fourth-order valence-corrected chi connectivity index (χ4v) is 2.13. The standard InChI is InChI=1S/C18H20N2O4/c1-11-4-5-12(2)18(13(11)3)24-10-17(23)20-19-9-14-6-7-15(21)8-16(14)22/h4-9,21-22H,10H2,1-3H3,(H,20,23). The number of aromatic hydroxyl groups is 2. The molecule has 0 atom stereocenters. The van der Waals surface area contributed by atoms with Gasteiger partial charge in [0, 0.05) is 11.6 Å². The SMILES string of the molecule is Cc1ccc(C)c(OCC(=O)NN=Cc2ccc(O)cc2O)c1C. The molecule has 126 valence electrons. The van der Waals surface area contributed by atoms with Crippen LogP contribution in [0.15, 0.2) is 35.4 Å². The van der Waals surface area contributed by atoms with Gasteiger partial charge in [0.25, 0.3) is 5.91 Å². The van der Waals surface area contributed by atoms with Crippen molar-refractivity contribution in [1.29, 1.82) is 0 Å². The normalized spacial score (nSPS) is 10.8. The molecule has 0 heterocycles. The van der Waals surface area contributed by atoms with Gasteiger partial charge in [-0.3, -0.25) is 4.79 Å². The molecule has 0 aromatic heterocycles. The minimum atomic E-state index is -0.412. The maximum absolute atomic E-state index is 11.8. The number of hydrogen-bond acceptors (Lipinski definition) is 5. The highest BCUT2D eigenvalue weighted by Gasteiger charge is 2.09. The summed E-state index contributed by atoms with van der Waals surface area (Å²) >= 11 is 0. The summed E-state index contributed by atoms with van der Waals surface area (Å²) < 4.78 is 5.58. The van der Waals surface area contributed by atoms with Gasteiger partial charge < -0.3 is 14.9 Å². The van der Waals surface area contributed by atoms with E-state index in [0.717, 1.165) is 16.7 Å². The second kappa shape index (κ2) is 7.50. The molecule has 0 radical (unpaired) electrons. The first kappa shape index (κ1) is 17.3. The first-order chi connectivity index (χ1) is 11.4. The Balaban J connectivity index is 1.92. The highest BCUT2D eigenvalue weighted by Crippen LogP contribution is 2.25. The molecule has 6 nitrogen and oxygen atoms in total. The maximum Gasteiger partial charge on any atom is 0.277 e. The molecule has 24 heavy (non-hydrogen) atoms. The molecule has 6 heteroatoms. The predicted octanol–water partition coefficient (Wildman–Crippen LogP) is 2.55. The van der Waals surface area contributed by atoms with E-state index in [1.54, 1.807) is 0 Å². The molecule has 0 aliphatic rings. The van der Waals surface area contributed by atoms with E-state index in [0.29, 0.717) is 11.3 Å². The molecule has 2 aromatic carbocycles. The molecule has 0 bridgehead atoms. The van der Waals surface area contributed by atoms with Crippen LogP contribution in [0.3, 0.4) is 0 Å². The number of nitrogens with zero attached hydrogens (tertiary/aromatic N) is 1. The van der Waals surface area contributed by atoms with E-state index in [1.807, 2.05) is 32.9 Å². The zero-order chi connectivity index (χ0) is 17.7. The zero-order valence-electron chi connectivity index (χ0n) is 13.8. The van der Waals surface area contributed by atoms with Crippen molar-refractivity contribution in [3.63, 3.8) is 0 Å².